The number of carbonyl (C=O) groups excluding carboxylic acids is 1. The maximum absolute atomic E-state index is 11.8. The second-order valence-electron chi connectivity index (χ2n) is 3.62. The third-order valence-electron chi connectivity index (χ3n) is 2.63. The van der Waals surface area contributed by atoms with Crippen molar-refractivity contribution in [2.45, 2.75) is 19.4 Å². The van der Waals surface area contributed by atoms with Gasteiger partial charge in [-0.1, -0.05) is 37.3 Å². The number of thiocarbonyl (C=S) groups is 1. The van der Waals surface area contributed by atoms with Gasteiger partial charge in [0.05, 0.1) is 6.04 Å². The highest BCUT2D eigenvalue weighted by atomic mass is 32.1. The zero-order valence-corrected chi connectivity index (χ0v) is 9.87. The fraction of sp³-hybridized carbons (Fsp3) is 0.333. The van der Waals surface area contributed by atoms with Crippen molar-refractivity contribution in [1.29, 1.82) is 0 Å². The Morgan fingerprint density at radius 3 is 2.81 bits per heavy atom. The van der Waals surface area contributed by atoms with Crippen molar-refractivity contribution < 1.29 is 9.53 Å². The summed E-state index contributed by atoms with van der Waals surface area (Å²) in [6.45, 7) is 2.28. The van der Waals surface area contributed by atoms with Gasteiger partial charge in [0, 0.05) is 6.42 Å². The van der Waals surface area contributed by atoms with Crippen LogP contribution in [0.3, 0.4) is 0 Å². The monoisotopic (exact) mass is 235 g/mol. The Kier molecular flexibility index (Phi) is 3.19. The lowest BCUT2D eigenvalue weighted by Gasteiger charge is -2.20. The highest BCUT2D eigenvalue weighted by Gasteiger charge is 2.34. The molecule has 0 spiro atoms. The van der Waals surface area contributed by atoms with Gasteiger partial charge in [-0.15, -0.1) is 0 Å². The second kappa shape index (κ2) is 4.61. The van der Waals surface area contributed by atoms with Crippen LogP contribution < -0.4 is 0 Å². The number of rotatable bonds is 2. The summed E-state index contributed by atoms with van der Waals surface area (Å²) in [7, 11) is 0. The molecule has 0 saturated carbocycles. The Hall–Kier alpha value is -1.42. The first-order valence-corrected chi connectivity index (χ1v) is 5.68. The SMILES string of the molecule is CCC(=O)N1C(=S)OC[C@H]1c1ccccc1. The van der Waals surface area contributed by atoms with E-state index in [2.05, 4.69) is 0 Å². The van der Waals surface area contributed by atoms with Crippen LogP contribution >= 0.6 is 12.2 Å². The molecule has 1 heterocycles. The molecule has 1 aliphatic rings. The number of hydrogen-bond acceptors (Lipinski definition) is 3. The van der Waals surface area contributed by atoms with Crippen molar-refractivity contribution >= 4 is 23.3 Å². The molecule has 4 heteroatoms. The number of amides is 1. The fourth-order valence-electron chi connectivity index (χ4n) is 1.79. The lowest BCUT2D eigenvalue weighted by atomic mass is 10.1. The second-order valence-corrected chi connectivity index (χ2v) is 3.97. The third-order valence-corrected chi connectivity index (χ3v) is 2.94. The summed E-state index contributed by atoms with van der Waals surface area (Å²) in [5.41, 5.74) is 1.06. The fourth-order valence-corrected chi connectivity index (χ4v) is 2.09. The molecule has 0 N–H and O–H groups in total. The summed E-state index contributed by atoms with van der Waals surface area (Å²) < 4.78 is 5.29. The first-order valence-electron chi connectivity index (χ1n) is 5.27. The van der Waals surface area contributed by atoms with Gasteiger partial charge in [-0.25, -0.2) is 0 Å². The third kappa shape index (κ3) is 1.93. The van der Waals surface area contributed by atoms with E-state index in [0.717, 1.165) is 5.56 Å². The molecule has 1 fully saturated rings. The molecule has 3 nitrogen and oxygen atoms in total. The molecule has 0 unspecified atom stereocenters. The molecule has 0 aromatic heterocycles. The van der Waals surface area contributed by atoms with Crippen LogP contribution in [-0.2, 0) is 9.53 Å². The van der Waals surface area contributed by atoms with E-state index in [4.69, 9.17) is 17.0 Å². The van der Waals surface area contributed by atoms with Crippen molar-refractivity contribution in [3.63, 3.8) is 0 Å². The van der Waals surface area contributed by atoms with Crippen molar-refractivity contribution in [3.8, 4) is 0 Å². The summed E-state index contributed by atoms with van der Waals surface area (Å²) in [4.78, 5) is 13.3. The van der Waals surface area contributed by atoms with E-state index in [-0.39, 0.29) is 11.9 Å². The Morgan fingerprint density at radius 2 is 2.19 bits per heavy atom. The zero-order valence-electron chi connectivity index (χ0n) is 9.05. The van der Waals surface area contributed by atoms with E-state index >= 15 is 0 Å². The number of nitrogens with zero attached hydrogens (tertiary/aromatic N) is 1. The molecule has 2 rings (SSSR count). The minimum absolute atomic E-state index is 0.0105. The van der Waals surface area contributed by atoms with Crippen LogP contribution in [0.2, 0.25) is 0 Å². The summed E-state index contributed by atoms with van der Waals surface area (Å²) in [6, 6.07) is 9.75. The van der Waals surface area contributed by atoms with Gasteiger partial charge in [-0.2, -0.15) is 0 Å². The molecule has 1 amide bonds. The average molecular weight is 235 g/mol. The predicted octanol–water partition coefficient (Wildman–Crippen LogP) is 2.28. The standard InChI is InChI=1S/C12H13NO2S/c1-2-11(14)13-10(8-15-12(13)16)9-6-4-3-5-7-9/h3-7,10H,2,8H2,1H3/t10-/m0/s1. The molecule has 0 radical (unpaired) electrons. The molecule has 1 aromatic rings. The van der Waals surface area contributed by atoms with Crippen molar-refractivity contribution in [2.75, 3.05) is 6.61 Å². The van der Waals surface area contributed by atoms with Gasteiger partial charge in [-0.3, -0.25) is 9.69 Å². The minimum Gasteiger partial charge on any atom is -0.468 e. The number of benzene rings is 1. The molecule has 0 bridgehead atoms. The molecular weight excluding hydrogens is 222 g/mol. The highest BCUT2D eigenvalue weighted by Crippen LogP contribution is 2.28. The maximum atomic E-state index is 11.8. The van der Waals surface area contributed by atoms with Crippen molar-refractivity contribution in [3.05, 3.63) is 35.9 Å². The molecule has 16 heavy (non-hydrogen) atoms. The van der Waals surface area contributed by atoms with Crippen LogP contribution in [0.25, 0.3) is 0 Å². The van der Waals surface area contributed by atoms with E-state index in [9.17, 15) is 4.79 Å². The lowest BCUT2D eigenvalue weighted by molar-refractivity contribution is -0.128. The van der Waals surface area contributed by atoms with Crippen LogP contribution in [0, 0.1) is 0 Å². The summed E-state index contributed by atoms with van der Waals surface area (Å²) in [5, 5.41) is 0.292. The smallest absolute Gasteiger partial charge is 0.266 e. The van der Waals surface area contributed by atoms with Crippen LogP contribution in [0.15, 0.2) is 30.3 Å². The first-order chi connectivity index (χ1) is 7.74. The van der Waals surface area contributed by atoms with Crippen LogP contribution in [0.1, 0.15) is 24.9 Å². The van der Waals surface area contributed by atoms with Gasteiger partial charge in [-0.05, 0) is 17.8 Å². The Balaban J connectivity index is 2.28. The molecule has 1 aliphatic heterocycles. The van der Waals surface area contributed by atoms with Gasteiger partial charge in [0.1, 0.15) is 6.61 Å². The Bertz CT molecular complexity index is 405. The molecule has 84 valence electrons. The normalized spacial score (nSPS) is 19.7. The summed E-state index contributed by atoms with van der Waals surface area (Å²) >= 11 is 5.04. The van der Waals surface area contributed by atoms with Gasteiger partial charge in [0.25, 0.3) is 5.17 Å². The molecule has 1 saturated heterocycles. The van der Waals surface area contributed by atoms with E-state index in [1.165, 1.54) is 0 Å². The van der Waals surface area contributed by atoms with E-state index in [1.807, 2.05) is 37.3 Å². The minimum atomic E-state index is -0.0684. The van der Waals surface area contributed by atoms with Gasteiger partial charge in [0.15, 0.2) is 0 Å². The maximum Gasteiger partial charge on any atom is 0.266 e. The van der Waals surface area contributed by atoms with Crippen LogP contribution in [0.5, 0.6) is 0 Å². The van der Waals surface area contributed by atoms with E-state index < -0.39 is 0 Å². The molecule has 1 atom stereocenters. The van der Waals surface area contributed by atoms with Crippen LogP contribution in [0.4, 0.5) is 0 Å². The van der Waals surface area contributed by atoms with Crippen LogP contribution in [-0.4, -0.2) is 22.6 Å². The zero-order chi connectivity index (χ0) is 11.5. The average Bonchev–Trinajstić information content (AvgIpc) is 2.71. The number of hydrogen-bond donors (Lipinski definition) is 0. The molecule has 1 aromatic carbocycles. The predicted molar refractivity (Wildman–Crippen MR) is 64.9 cm³/mol. The van der Waals surface area contributed by atoms with E-state index in [1.54, 1.807) is 4.90 Å². The molecule has 0 aliphatic carbocycles. The molecular formula is C12H13NO2S. The Morgan fingerprint density at radius 1 is 1.50 bits per heavy atom. The van der Waals surface area contributed by atoms with Gasteiger partial charge >= 0.3 is 0 Å². The number of carbonyl (C=O) groups is 1. The van der Waals surface area contributed by atoms with Crippen molar-refractivity contribution in [2.24, 2.45) is 0 Å². The topological polar surface area (TPSA) is 29.5 Å². The van der Waals surface area contributed by atoms with Crippen molar-refractivity contribution in [1.82, 2.24) is 4.90 Å². The Labute approximate surface area is 100 Å². The van der Waals surface area contributed by atoms with Gasteiger partial charge < -0.3 is 4.74 Å². The number of ether oxygens (including phenoxy) is 1. The highest BCUT2D eigenvalue weighted by molar-refractivity contribution is 7.80. The van der Waals surface area contributed by atoms with E-state index in [0.29, 0.717) is 18.2 Å². The largest absolute Gasteiger partial charge is 0.468 e. The van der Waals surface area contributed by atoms with Gasteiger partial charge in [0.2, 0.25) is 5.91 Å². The lowest BCUT2D eigenvalue weighted by Crippen LogP contribution is -2.33. The summed E-state index contributed by atoms with van der Waals surface area (Å²) in [5.74, 6) is 0.0105. The summed E-state index contributed by atoms with van der Waals surface area (Å²) in [6.07, 6.45) is 0.437. The quantitative estimate of drug-likeness (QED) is 0.736. The first kappa shape index (κ1) is 11.1.